The van der Waals surface area contributed by atoms with E-state index in [9.17, 15) is 4.79 Å². The van der Waals surface area contributed by atoms with Crippen LogP contribution in [-0.4, -0.2) is 18.1 Å². The number of rotatable bonds is 2. The summed E-state index contributed by atoms with van der Waals surface area (Å²) in [6.45, 7) is 0. The zero-order chi connectivity index (χ0) is 15.8. The van der Waals surface area contributed by atoms with E-state index < -0.39 is 0 Å². The van der Waals surface area contributed by atoms with Crippen LogP contribution in [-0.2, 0) is 5.75 Å². The van der Waals surface area contributed by atoms with Crippen molar-refractivity contribution < 1.29 is 9.32 Å². The van der Waals surface area contributed by atoms with Gasteiger partial charge in [-0.2, -0.15) is 0 Å². The van der Waals surface area contributed by atoms with Crippen LogP contribution in [0.3, 0.4) is 0 Å². The number of carbonyl (C=O) groups is 1. The van der Waals surface area contributed by atoms with Gasteiger partial charge in [0.25, 0.3) is 5.91 Å². The maximum Gasteiger partial charge on any atom is 0.280 e. The Bertz CT molecular complexity index is 874. The van der Waals surface area contributed by atoms with Gasteiger partial charge in [-0.25, -0.2) is 0 Å². The van der Waals surface area contributed by atoms with Gasteiger partial charge in [-0.05, 0) is 24.3 Å². The first-order chi connectivity index (χ1) is 11.3. The highest BCUT2D eigenvalue weighted by Gasteiger charge is 2.29. The van der Waals surface area contributed by atoms with Crippen LogP contribution in [0.15, 0.2) is 64.0 Å². The van der Waals surface area contributed by atoms with Crippen LogP contribution in [0, 0.1) is 0 Å². The van der Waals surface area contributed by atoms with Crippen molar-refractivity contribution in [2.24, 2.45) is 0 Å². The minimum absolute atomic E-state index is 0.152. The van der Waals surface area contributed by atoms with Crippen LogP contribution in [0.5, 0.6) is 0 Å². The Labute approximate surface area is 138 Å². The Kier molecular flexibility index (Phi) is 3.42. The average Bonchev–Trinajstić information content (AvgIpc) is 3.05. The highest BCUT2D eigenvalue weighted by atomic mass is 32.2. The molecule has 0 aliphatic carbocycles. The van der Waals surface area contributed by atoms with Gasteiger partial charge in [0.2, 0.25) is 0 Å². The molecule has 0 spiro atoms. The second kappa shape index (κ2) is 5.59. The molecule has 0 atom stereocenters. The molecule has 0 bridgehead atoms. The maximum atomic E-state index is 12.8. The van der Waals surface area contributed by atoms with Gasteiger partial charge >= 0.3 is 0 Å². The van der Waals surface area contributed by atoms with Gasteiger partial charge in [0.05, 0.1) is 0 Å². The van der Waals surface area contributed by atoms with Crippen molar-refractivity contribution in [3.63, 3.8) is 0 Å². The molecule has 23 heavy (non-hydrogen) atoms. The van der Waals surface area contributed by atoms with Crippen LogP contribution in [0.25, 0.3) is 11.3 Å². The molecule has 0 unspecified atom stereocenters. The lowest BCUT2D eigenvalue weighted by Crippen LogP contribution is -2.27. The summed E-state index contributed by atoms with van der Waals surface area (Å²) in [5.41, 5.74) is 3.11. The predicted molar refractivity (Wildman–Crippen MR) is 90.7 cm³/mol. The molecule has 3 aromatic rings. The number of hydrogen-bond donors (Lipinski definition) is 0. The molecule has 4 rings (SSSR count). The summed E-state index contributed by atoms with van der Waals surface area (Å²) in [5.74, 6) is 1.25. The van der Waals surface area contributed by atoms with Gasteiger partial charge in [-0.1, -0.05) is 35.5 Å². The fourth-order valence-corrected chi connectivity index (χ4v) is 3.74. The summed E-state index contributed by atoms with van der Waals surface area (Å²) in [7, 11) is 1.75. The topological polar surface area (TPSA) is 46.3 Å². The predicted octanol–water partition coefficient (Wildman–Crippen LogP) is 4.22. The fourth-order valence-electron chi connectivity index (χ4n) is 2.68. The summed E-state index contributed by atoms with van der Waals surface area (Å²) in [4.78, 5) is 15.5. The minimum Gasteiger partial charge on any atom is -0.355 e. The van der Waals surface area contributed by atoms with Gasteiger partial charge in [-0.15, -0.1) is 11.8 Å². The maximum absolute atomic E-state index is 12.8. The number of para-hydroxylation sites is 1. The van der Waals surface area contributed by atoms with Crippen molar-refractivity contribution in [3.05, 3.63) is 65.9 Å². The number of hydrogen-bond acceptors (Lipinski definition) is 4. The van der Waals surface area contributed by atoms with Crippen molar-refractivity contribution in [1.29, 1.82) is 0 Å². The second-order valence-corrected chi connectivity index (χ2v) is 6.34. The monoisotopic (exact) mass is 322 g/mol. The summed E-state index contributed by atoms with van der Waals surface area (Å²) in [5, 5.41) is 4.06. The summed E-state index contributed by atoms with van der Waals surface area (Å²) < 4.78 is 5.51. The molecule has 1 aliphatic rings. The lowest BCUT2D eigenvalue weighted by Gasteiger charge is -2.17. The third kappa shape index (κ3) is 2.33. The van der Waals surface area contributed by atoms with Gasteiger partial charge in [-0.3, -0.25) is 4.79 Å². The lowest BCUT2D eigenvalue weighted by molar-refractivity contribution is 0.0984. The number of carbonyl (C=O) groups excluding carboxylic acids is 1. The number of thioether (sulfide) groups is 1. The smallest absolute Gasteiger partial charge is 0.280 e. The molecule has 4 nitrogen and oxygen atoms in total. The molecule has 0 N–H and O–H groups in total. The number of amides is 1. The molecule has 0 radical (unpaired) electrons. The highest BCUT2D eigenvalue weighted by molar-refractivity contribution is 7.98. The lowest BCUT2D eigenvalue weighted by atomic mass is 10.1. The first-order valence-corrected chi connectivity index (χ1v) is 8.28. The summed E-state index contributed by atoms with van der Waals surface area (Å²) >= 11 is 1.70. The number of aromatic nitrogens is 1. The molecule has 1 amide bonds. The first kappa shape index (κ1) is 14.1. The quantitative estimate of drug-likeness (QED) is 0.708. The van der Waals surface area contributed by atoms with Crippen LogP contribution < -0.4 is 4.90 Å². The van der Waals surface area contributed by atoms with Crippen molar-refractivity contribution in [3.8, 4) is 11.3 Å². The number of fused-ring (bicyclic) bond motifs is 3. The summed E-state index contributed by atoms with van der Waals surface area (Å²) in [6.07, 6.45) is 0. The average molecular weight is 322 g/mol. The molecule has 1 aliphatic heterocycles. The standard InChI is InChI=1S/C18H14N2O2S/c1-20(12-7-3-2-4-8-12)18(21)16-14-11-23-15-10-6-5-9-13(15)17(14)22-19-16/h2-10H,11H2,1H3. The summed E-state index contributed by atoms with van der Waals surface area (Å²) in [6, 6.07) is 17.6. The van der Waals surface area contributed by atoms with Crippen molar-refractivity contribution in [2.45, 2.75) is 10.6 Å². The number of anilines is 1. The Hall–Kier alpha value is -2.53. The Morgan fingerprint density at radius 1 is 1.13 bits per heavy atom. The number of nitrogens with zero attached hydrogens (tertiary/aromatic N) is 2. The SMILES string of the molecule is CN(C(=O)c1noc2c1CSc1ccccc1-2)c1ccccc1. The first-order valence-electron chi connectivity index (χ1n) is 7.29. The molecule has 5 heteroatoms. The van der Waals surface area contributed by atoms with E-state index in [1.165, 1.54) is 0 Å². The number of benzene rings is 2. The molecular weight excluding hydrogens is 308 g/mol. The van der Waals surface area contributed by atoms with Gasteiger partial charge in [0, 0.05) is 34.5 Å². The van der Waals surface area contributed by atoms with E-state index in [1.54, 1.807) is 23.7 Å². The fraction of sp³-hybridized carbons (Fsp3) is 0.111. The van der Waals surface area contributed by atoms with E-state index in [2.05, 4.69) is 11.2 Å². The molecule has 0 saturated carbocycles. The normalized spacial score (nSPS) is 12.4. The van der Waals surface area contributed by atoms with Crippen molar-refractivity contribution in [2.75, 3.05) is 11.9 Å². The van der Waals surface area contributed by atoms with Crippen LogP contribution in [0.4, 0.5) is 5.69 Å². The molecule has 1 aromatic heterocycles. The molecule has 114 valence electrons. The third-order valence-electron chi connectivity index (χ3n) is 3.94. The highest BCUT2D eigenvalue weighted by Crippen LogP contribution is 2.42. The molecule has 0 saturated heterocycles. The van der Waals surface area contributed by atoms with Gasteiger partial charge in [0.1, 0.15) is 0 Å². The molecule has 2 heterocycles. The minimum atomic E-state index is -0.152. The van der Waals surface area contributed by atoms with E-state index in [4.69, 9.17) is 4.52 Å². The van der Waals surface area contributed by atoms with E-state index >= 15 is 0 Å². The Morgan fingerprint density at radius 3 is 2.70 bits per heavy atom. The largest absolute Gasteiger partial charge is 0.355 e. The van der Waals surface area contributed by atoms with Crippen LogP contribution >= 0.6 is 11.8 Å². The second-order valence-electron chi connectivity index (χ2n) is 5.32. The van der Waals surface area contributed by atoms with Crippen LogP contribution in [0.1, 0.15) is 16.1 Å². The van der Waals surface area contributed by atoms with E-state index in [-0.39, 0.29) is 5.91 Å². The molecule has 2 aromatic carbocycles. The Morgan fingerprint density at radius 2 is 1.87 bits per heavy atom. The Balaban J connectivity index is 1.73. The zero-order valence-electron chi connectivity index (χ0n) is 12.5. The van der Waals surface area contributed by atoms with E-state index in [0.29, 0.717) is 17.2 Å². The molecular formula is C18H14N2O2S. The van der Waals surface area contributed by atoms with Crippen molar-refractivity contribution >= 4 is 23.4 Å². The van der Waals surface area contributed by atoms with E-state index in [0.717, 1.165) is 21.7 Å². The zero-order valence-corrected chi connectivity index (χ0v) is 13.3. The molecule has 0 fully saturated rings. The van der Waals surface area contributed by atoms with Crippen molar-refractivity contribution in [1.82, 2.24) is 5.16 Å². The van der Waals surface area contributed by atoms with E-state index in [1.807, 2.05) is 48.5 Å². The third-order valence-corrected chi connectivity index (χ3v) is 5.04. The van der Waals surface area contributed by atoms with Gasteiger partial charge in [0.15, 0.2) is 11.5 Å². The van der Waals surface area contributed by atoms with Gasteiger partial charge < -0.3 is 9.42 Å². The van der Waals surface area contributed by atoms with Crippen LogP contribution in [0.2, 0.25) is 0 Å².